The number of hydrogen-bond donors (Lipinski definition) is 3. The van der Waals surface area contributed by atoms with Gasteiger partial charge in [-0.05, 0) is 38.1 Å². The number of anilines is 1. The smallest absolute Gasteiger partial charge is 0.255 e. The highest BCUT2D eigenvalue weighted by molar-refractivity contribution is 5.99. The van der Waals surface area contributed by atoms with Gasteiger partial charge in [-0.2, -0.15) is 10.4 Å². The van der Waals surface area contributed by atoms with Crippen LogP contribution in [0.25, 0.3) is 16.9 Å². The Labute approximate surface area is 195 Å². The highest BCUT2D eigenvalue weighted by Gasteiger charge is 2.27. The Balaban J connectivity index is 1.65. The van der Waals surface area contributed by atoms with Crippen molar-refractivity contribution in [3.05, 3.63) is 47.8 Å². The van der Waals surface area contributed by atoms with Gasteiger partial charge in [0.25, 0.3) is 5.91 Å². The van der Waals surface area contributed by atoms with E-state index in [2.05, 4.69) is 26.9 Å². The van der Waals surface area contributed by atoms with E-state index >= 15 is 0 Å². The van der Waals surface area contributed by atoms with Crippen LogP contribution >= 0.6 is 0 Å². The molecule has 0 bridgehead atoms. The molecule has 4 heterocycles. The van der Waals surface area contributed by atoms with Crippen LogP contribution in [0.5, 0.6) is 0 Å². The van der Waals surface area contributed by atoms with E-state index < -0.39 is 17.7 Å². The van der Waals surface area contributed by atoms with E-state index in [1.54, 1.807) is 16.6 Å². The van der Waals surface area contributed by atoms with Crippen LogP contribution in [-0.2, 0) is 4.74 Å². The lowest BCUT2D eigenvalue weighted by Crippen LogP contribution is -2.43. The molecule has 0 aromatic carbocycles. The second-order valence-corrected chi connectivity index (χ2v) is 8.57. The monoisotopic (exact) mass is 467 g/mol. The standard InChI is InChI=1S/C23H26FN7O3/c1-23(2,33)21(24)14-27-22(32)17-13-26-19(10-18(17)29-30-5-7-34-8-6-30)20-4-3-16-9-15(11-25)12-28-31(16)20/h3-4,9-10,12-13,21,33H,5-8,14H2,1-2H3,(H,26,29)(H,27,32). The maximum Gasteiger partial charge on any atom is 0.255 e. The average Bonchev–Trinajstić information content (AvgIpc) is 3.25. The fourth-order valence-electron chi connectivity index (χ4n) is 3.50. The second kappa shape index (κ2) is 9.72. The number of amides is 1. The number of nitriles is 1. The fourth-order valence-corrected chi connectivity index (χ4v) is 3.50. The van der Waals surface area contributed by atoms with E-state index in [4.69, 9.17) is 10.00 Å². The number of pyridine rings is 1. The van der Waals surface area contributed by atoms with Gasteiger partial charge < -0.3 is 20.6 Å². The molecule has 4 rings (SSSR count). The molecule has 0 aliphatic carbocycles. The summed E-state index contributed by atoms with van der Waals surface area (Å²) in [5.74, 6) is -0.515. The molecular formula is C23H26FN7O3. The van der Waals surface area contributed by atoms with Crippen LogP contribution in [0, 0.1) is 11.3 Å². The molecule has 3 N–H and O–H groups in total. The van der Waals surface area contributed by atoms with Gasteiger partial charge in [-0.3, -0.25) is 9.78 Å². The minimum atomic E-state index is -1.63. The number of halogens is 1. The number of carbonyl (C=O) groups is 1. The van der Waals surface area contributed by atoms with Crippen molar-refractivity contribution >= 4 is 17.1 Å². The molecule has 10 nitrogen and oxygen atoms in total. The van der Waals surface area contributed by atoms with Crippen LogP contribution < -0.4 is 10.7 Å². The van der Waals surface area contributed by atoms with E-state index in [0.717, 1.165) is 5.52 Å². The lowest BCUT2D eigenvalue weighted by Gasteiger charge is -2.29. The molecule has 3 aromatic heterocycles. The summed E-state index contributed by atoms with van der Waals surface area (Å²) >= 11 is 0. The maximum absolute atomic E-state index is 14.2. The van der Waals surface area contributed by atoms with Crippen molar-refractivity contribution in [2.75, 3.05) is 38.3 Å². The van der Waals surface area contributed by atoms with Crippen molar-refractivity contribution in [3.8, 4) is 17.5 Å². The minimum Gasteiger partial charge on any atom is -0.387 e. The van der Waals surface area contributed by atoms with Crippen molar-refractivity contribution < 1.29 is 19.0 Å². The van der Waals surface area contributed by atoms with Crippen LogP contribution in [0.3, 0.4) is 0 Å². The van der Waals surface area contributed by atoms with Crippen molar-refractivity contribution in [2.45, 2.75) is 25.6 Å². The van der Waals surface area contributed by atoms with Crippen LogP contribution in [0.15, 0.2) is 36.7 Å². The Morgan fingerprint density at radius 2 is 2.09 bits per heavy atom. The van der Waals surface area contributed by atoms with Gasteiger partial charge >= 0.3 is 0 Å². The number of ether oxygens (including phenoxy) is 1. The summed E-state index contributed by atoms with van der Waals surface area (Å²) in [6, 6.07) is 9.19. The number of aromatic nitrogens is 3. The number of rotatable bonds is 7. The number of nitrogens with zero attached hydrogens (tertiary/aromatic N) is 5. The summed E-state index contributed by atoms with van der Waals surface area (Å²) in [5.41, 5.74) is 4.84. The number of fused-ring (bicyclic) bond motifs is 1. The first kappa shape index (κ1) is 23.6. The number of hydrogen-bond acceptors (Lipinski definition) is 8. The van der Waals surface area contributed by atoms with Gasteiger partial charge in [0, 0.05) is 19.3 Å². The molecular weight excluding hydrogens is 441 g/mol. The quantitative estimate of drug-likeness (QED) is 0.480. The highest BCUT2D eigenvalue weighted by atomic mass is 19.1. The molecule has 1 aliphatic heterocycles. The van der Waals surface area contributed by atoms with Crippen LogP contribution in [0.1, 0.15) is 29.8 Å². The van der Waals surface area contributed by atoms with Gasteiger partial charge in [-0.25, -0.2) is 13.9 Å². The van der Waals surface area contributed by atoms with Gasteiger partial charge in [-0.1, -0.05) is 0 Å². The van der Waals surface area contributed by atoms with Crippen molar-refractivity contribution in [1.29, 1.82) is 5.26 Å². The summed E-state index contributed by atoms with van der Waals surface area (Å²) in [4.78, 5) is 17.3. The molecule has 0 spiro atoms. The Hall–Kier alpha value is -3.59. The Bertz CT molecular complexity index is 1230. The molecule has 1 aliphatic rings. The van der Waals surface area contributed by atoms with Crippen LogP contribution in [-0.4, -0.2) is 75.2 Å². The maximum atomic E-state index is 14.2. The first-order valence-electron chi connectivity index (χ1n) is 10.9. The van der Waals surface area contributed by atoms with E-state index in [9.17, 15) is 14.3 Å². The number of nitrogens with one attached hydrogen (secondary N) is 2. The van der Waals surface area contributed by atoms with Gasteiger partial charge in [0.1, 0.15) is 12.2 Å². The van der Waals surface area contributed by atoms with E-state index in [-0.39, 0.29) is 12.1 Å². The summed E-state index contributed by atoms with van der Waals surface area (Å²) in [6.45, 7) is 4.71. The number of morpholine rings is 1. The SMILES string of the molecule is CC(C)(O)C(F)CNC(=O)c1cnc(-c2ccc3cc(C#N)cnn23)cc1NN1CCOCC1. The van der Waals surface area contributed by atoms with Gasteiger partial charge in [-0.15, -0.1) is 0 Å². The summed E-state index contributed by atoms with van der Waals surface area (Å²) in [7, 11) is 0. The number of hydrazine groups is 1. The zero-order valence-electron chi connectivity index (χ0n) is 19.0. The largest absolute Gasteiger partial charge is 0.387 e. The lowest BCUT2D eigenvalue weighted by molar-refractivity contribution is -0.00177. The molecule has 1 amide bonds. The fraction of sp³-hybridized carbons (Fsp3) is 0.391. The zero-order chi connectivity index (χ0) is 24.3. The number of carbonyl (C=O) groups excluding carboxylic acids is 1. The average molecular weight is 468 g/mol. The normalized spacial score (nSPS) is 15.6. The molecule has 11 heteroatoms. The Morgan fingerprint density at radius 3 is 2.79 bits per heavy atom. The van der Waals surface area contributed by atoms with E-state index in [1.807, 2.05) is 17.1 Å². The molecule has 3 aromatic rings. The van der Waals surface area contributed by atoms with E-state index in [0.29, 0.717) is 48.9 Å². The molecule has 34 heavy (non-hydrogen) atoms. The summed E-state index contributed by atoms with van der Waals surface area (Å²) in [5, 5.41) is 27.7. The zero-order valence-corrected chi connectivity index (χ0v) is 19.0. The highest BCUT2D eigenvalue weighted by Crippen LogP contribution is 2.26. The van der Waals surface area contributed by atoms with Gasteiger partial charge in [0.15, 0.2) is 0 Å². The molecule has 1 unspecified atom stereocenters. The summed E-state index contributed by atoms with van der Waals surface area (Å²) < 4.78 is 21.2. The third-order valence-electron chi connectivity index (χ3n) is 5.54. The van der Waals surface area contributed by atoms with Gasteiger partial charge in [0.05, 0.1) is 65.3 Å². The predicted molar refractivity (Wildman–Crippen MR) is 123 cm³/mol. The molecule has 0 radical (unpaired) electrons. The van der Waals surface area contributed by atoms with E-state index in [1.165, 1.54) is 26.2 Å². The molecule has 1 fully saturated rings. The van der Waals surface area contributed by atoms with Crippen molar-refractivity contribution in [2.24, 2.45) is 0 Å². The van der Waals surface area contributed by atoms with Crippen molar-refractivity contribution in [3.63, 3.8) is 0 Å². The van der Waals surface area contributed by atoms with Crippen LogP contribution in [0.2, 0.25) is 0 Å². The third-order valence-corrected chi connectivity index (χ3v) is 5.54. The van der Waals surface area contributed by atoms with Gasteiger partial charge in [0.2, 0.25) is 0 Å². The lowest BCUT2D eigenvalue weighted by atomic mass is 10.0. The summed E-state index contributed by atoms with van der Waals surface area (Å²) in [6.07, 6.45) is 1.27. The number of alkyl halides is 1. The van der Waals surface area contributed by atoms with Crippen LogP contribution in [0.4, 0.5) is 10.1 Å². The molecule has 1 atom stereocenters. The first-order chi connectivity index (χ1) is 16.3. The first-order valence-corrected chi connectivity index (χ1v) is 10.9. The second-order valence-electron chi connectivity index (χ2n) is 8.57. The number of aliphatic hydroxyl groups is 1. The molecule has 1 saturated heterocycles. The predicted octanol–water partition coefficient (Wildman–Crippen LogP) is 1.77. The topological polar surface area (TPSA) is 128 Å². The molecule has 178 valence electrons. The Morgan fingerprint density at radius 1 is 1.32 bits per heavy atom. The molecule has 0 saturated carbocycles. The third kappa shape index (κ3) is 5.14. The Kier molecular flexibility index (Phi) is 6.74. The van der Waals surface area contributed by atoms with Crippen molar-refractivity contribution in [1.82, 2.24) is 24.9 Å². The minimum absolute atomic E-state index is 0.235.